The van der Waals surface area contributed by atoms with Crippen molar-refractivity contribution in [3.63, 3.8) is 0 Å². The summed E-state index contributed by atoms with van der Waals surface area (Å²) < 4.78 is 12.9. The molecule has 1 aromatic carbocycles. The Morgan fingerprint density at radius 3 is 2.75 bits per heavy atom. The van der Waals surface area contributed by atoms with Crippen LogP contribution in [0.5, 0.6) is 0 Å². The largest absolute Gasteiger partial charge is 0.322 e. The van der Waals surface area contributed by atoms with Gasteiger partial charge in [-0.2, -0.15) is 0 Å². The number of nitrogens with two attached hydrogens (primary N) is 1. The lowest BCUT2D eigenvalue weighted by atomic mass is 10.1. The quantitative estimate of drug-likeness (QED) is 0.860. The van der Waals surface area contributed by atoms with Crippen molar-refractivity contribution in [2.75, 3.05) is 6.67 Å². The zero-order valence-corrected chi connectivity index (χ0v) is 8.57. The van der Waals surface area contributed by atoms with E-state index in [2.05, 4.69) is 15.9 Å². The Morgan fingerprint density at radius 1 is 1.58 bits per heavy atom. The SMILES string of the molecule is N[C@H](CF)c1ccc(Br)c(Cl)c1. The molecule has 0 aliphatic heterocycles. The zero-order chi connectivity index (χ0) is 9.14. The van der Waals surface area contributed by atoms with Crippen molar-refractivity contribution in [2.45, 2.75) is 6.04 Å². The summed E-state index contributed by atoms with van der Waals surface area (Å²) in [5.74, 6) is 0. The van der Waals surface area contributed by atoms with Gasteiger partial charge in [0, 0.05) is 4.47 Å². The monoisotopic (exact) mass is 251 g/mol. The Hall–Kier alpha value is -0.120. The summed E-state index contributed by atoms with van der Waals surface area (Å²) in [5.41, 5.74) is 6.18. The van der Waals surface area contributed by atoms with Crippen LogP contribution in [0.2, 0.25) is 5.02 Å². The molecular formula is C8H8BrClFN. The third-order valence-electron chi connectivity index (χ3n) is 1.54. The summed E-state index contributed by atoms with van der Waals surface area (Å²) in [5, 5.41) is 0.552. The fraction of sp³-hybridized carbons (Fsp3) is 0.250. The van der Waals surface area contributed by atoms with Gasteiger partial charge in [0.1, 0.15) is 6.67 Å². The van der Waals surface area contributed by atoms with Crippen molar-refractivity contribution in [2.24, 2.45) is 5.73 Å². The van der Waals surface area contributed by atoms with Crippen LogP contribution in [-0.4, -0.2) is 6.67 Å². The van der Waals surface area contributed by atoms with Crippen LogP contribution >= 0.6 is 27.5 Å². The van der Waals surface area contributed by atoms with E-state index < -0.39 is 12.7 Å². The Bertz CT molecular complexity index is 280. The van der Waals surface area contributed by atoms with Gasteiger partial charge in [0.15, 0.2) is 0 Å². The first-order valence-electron chi connectivity index (χ1n) is 3.41. The topological polar surface area (TPSA) is 26.0 Å². The van der Waals surface area contributed by atoms with Crippen molar-refractivity contribution in [3.05, 3.63) is 33.3 Å². The van der Waals surface area contributed by atoms with Gasteiger partial charge in [-0.25, -0.2) is 4.39 Å². The second kappa shape index (κ2) is 4.21. The molecule has 1 atom stereocenters. The molecule has 0 aliphatic carbocycles. The molecule has 1 nitrogen and oxygen atoms in total. The first-order chi connectivity index (χ1) is 5.65. The van der Waals surface area contributed by atoms with E-state index in [-0.39, 0.29) is 0 Å². The van der Waals surface area contributed by atoms with Crippen LogP contribution in [0.3, 0.4) is 0 Å². The van der Waals surface area contributed by atoms with Crippen LogP contribution in [0.15, 0.2) is 22.7 Å². The minimum absolute atomic E-state index is 0.552. The molecule has 0 fully saturated rings. The smallest absolute Gasteiger partial charge is 0.109 e. The summed E-state index contributed by atoms with van der Waals surface area (Å²) in [6.07, 6.45) is 0. The second-order valence-corrected chi connectivity index (χ2v) is 3.70. The number of halogens is 3. The molecule has 0 aliphatic rings. The van der Waals surface area contributed by atoms with E-state index in [0.717, 1.165) is 4.47 Å². The molecule has 0 saturated carbocycles. The summed E-state index contributed by atoms with van der Waals surface area (Å²) in [6.45, 7) is -0.571. The van der Waals surface area contributed by atoms with Crippen molar-refractivity contribution < 1.29 is 4.39 Å². The molecule has 0 unspecified atom stereocenters. The van der Waals surface area contributed by atoms with Crippen LogP contribution in [0.4, 0.5) is 4.39 Å². The highest BCUT2D eigenvalue weighted by molar-refractivity contribution is 9.10. The van der Waals surface area contributed by atoms with E-state index >= 15 is 0 Å². The first kappa shape index (κ1) is 9.96. The molecule has 0 heterocycles. The molecule has 0 spiro atoms. The summed E-state index contributed by atoms with van der Waals surface area (Å²) in [7, 11) is 0. The minimum atomic E-state index is -0.574. The van der Waals surface area contributed by atoms with Crippen LogP contribution in [-0.2, 0) is 0 Å². The summed E-state index contributed by atoms with van der Waals surface area (Å²) in [4.78, 5) is 0. The van der Waals surface area contributed by atoms with E-state index in [0.29, 0.717) is 10.6 Å². The Morgan fingerprint density at radius 2 is 2.25 bits per heavy atom. The van der Waals surface area contributed by atoms with Gasteiger partial charge in [0.2, 0.25) is 0 Å². The lowest BCUT2D eigenvalue weighted by molar-refractivity contribution is 0.437. The lowest BCUT2D eigenvalue weighted by Gasteiger charge is -2.07. The fourth-order valence-corrected chi connectivity index (χ4v) is 1.27. The maximum atomic E-state index is 12.1. The normalized spacial score (nSPS) is 13.0. The van der Waals surface area contributed by atoms with Crippen molar-refractivity contribution in [1.82, 2.24) is 0 Å². The molecule has 1 rings (SSSR count). The molecule has 0 saturated heterocycles. The van der Waals surface area contributed by atoms with Crippen molar-refractivity contribution in [3.8, 4) is 0 Å². The van der Waals surface area contributed by atoms with Gasteiger partial charge in [-0.1, -0.05) is 17.7 Å². The third kappa shape index (κ3) is 2.19. The van der Waals surface area contributed by atoms with E-state index in [1.165, 1.54) is 0 Å². The fourth-order valence-electron chi connectivity index (χ4n) is 0.832. The average Bonchev–Trinajstić information content (AvgIpc) is 2.08. The van der Waals surface area contributed by atoms with Gasteiger partial charge >= 0.3 is 0 Å². The predicted molar refractivity (Wildman–Crippen MR) is 52.1 cm³/mol. The summed E-state index contributed by atoms with van der Waals surface area (Å²) in [6, 6.07) is 4.60. The number of benzene rings is 1. The minimum Gasteiger partial charge on any atom is -0.322 e. The van der Waals surface area contributed by atoms with E-state index in [1.54, 1.807) is 18.2 Å². The first-order valence-corrected chi connectivity index (χ1v) is 4.58. The van der Waals surface area contributed by atoms with Crippen LogP contribution in [0.1, 0.15) is 11.6 Å². The highest BCUT2D eigenvalue weighted by Gasteiger charge is 2.06. The lowest BCUT2D eigenvalue weighted by Crippen LogP contribution is -2.11. The molecule has 4 heteroatoms. The van der Waals surface area contributed by atoms with Crippen LogP contribution in [0.25, 0.3) is 0 Å². The molecule has 0 bridgehead atoms. The summed E-state index contributed by atoms with van der Waals surface area (Å²) >= 11 is 9.02. The van der Waals surface area contributed by atoms with Crippen LogP contribution < -0.4 is 5.73 Å². The van der Waals surface area contributed by atoms with Gasteiger partial charge in [0.25, 0.3) is 0 Å². The van der Waals surface area contributed by atoms with Gasteiger partial charge in [-0.15, -0.1) is 0 Å². The number of alkyl halides is 1. The van der Waals surface area contributed by atoms with Crippen LogP contribution in [0, 0.1) is 0 Å². The molecule has 66 valence electrons. The van der Waals surface area contributed by atoms with Gasteiger partial charge < -0.3 is 5.73 Å². The third-order valence-corrected chi connectivity index (χ3v) is 2.77. The van der Waals surface area contributed by atoms with Crippen molar-refractivity contribution in [1.29, 1.82) is 0 Å². The average molecular weight is 253 g/mol. The Kier molecular flexibility index (Phi) is 3.50. The molecule has 1 aromatic rings. The molecule has 2 N–H and O–H groups in total. The maximum absolute atomic E-state index is 12.1. The Labute approximate surface area is 83.8 Å². The number of hydrogen-bond acceptors (Lipinski definition) is 1. The predicted octanol–water partition coefficient (Wildman–Crippen LogP) is 3.07. The Balaban J connectivity index is 2.96. The zero-order valence-electron chi connectivity index (χ0n) is 6.23. The van der Waals surface area contributed by atoms with Gasteiger partial charge in [-0.05, 0) is 33.6 Å². The molecular weight excluding hydrogens is 244 g/mol. The molecule has 0 amide bonds. The molecule has 0 radical (unpaired) electrons. The van der Waals surface area contributed by atoms with E-state index in [9.17, 15) is 4.39 Å². The number of hydrogen-bond donors (Lipinski definition) is 1. The van der Waals surface area contributed by atoms with Gasteiger partial charge in [-0.3, -0.25) is 0 Å². The standard InChI is InChI=1S/C8H8BrClFN/c9-6-2-1-5(3-7(6)10)8(12)4-11/h1-3,8H,4,12H2/t8-/m1/s1. The second-order valence-electron chi connectivity index (χ2n) is 2.43. The molecule has 12 heavy (non-hydrogen) atoms. The molecule has 0 aromatic heterocycles. The number of rotatable bonds is 2. The maximum Gasteiger partial charge on any atom is 0.109 e. The van der Waals surface area contributed by atoms with E-state index in [4.69, 9.17) is 17.3 Å². The van der Waals surface area contributed by atoms with Crippen molar-refractivity contribution >= 4 is 27.5 Å². The van der Waals surface area contributed by atoms with Gasteiger partial charge in [0.05, 0.1) is 11.1 Å². The van der Waals surface area contributed by atoms with E-state index in [1.807, 2.05) is 0 Å². The highest BCUT2D eigenvalue weighted by atomic mass is 79.9. The highest BCUT2D eigenvalue weighted by Crippen LogP contribution is 2.25.